The lowest BCUT2D eigenvalue weighted by Crippen LogP contribution is -2.52. The SMILES string of the molecule is Cc1c(C(=O)N2CCNCC2C)nnn1-c1cccc2cnccc12. The van der Waals surface area contributed by atoms with Gasteiger partial charge in [-0.15, -0.1) is 5.10 Å². The summed E-state index contributed by atoms with van der Waals surface area (Å²) in [5, 5.41) is 13.8. The second-order valence-electron chi connectivity index (χ2n) is 6.36. The summed E-state index contributed by atoms with van der Waals surface area (Å²) in [7, 11) is 0. The molecule has 1 saturated heterocycles. The van der Waals surface area contributed by atoms with Crippen LogP contribution in [-0.4, -0.2) is 56.5 Å². The number of nitrogens with zero attached hydrogens (tertiary/aromatic N) is 5. The van der Waals surface area contributed by atoms with Gasteiger partial charge in [-0.05, 0) is 26.0 Å². The van der Waals surface area contributed by atoms with E-state index in [9.17, 15) is 4.79 Å². The predicted molar refractivity (Wildman–Crippen MR) is 94.8 cm³/mol. The van der Waals surface area contributed by atoms with Crippen molar-refractivity contribution in [1.29, 1.82) is 0 Å². The van der Waals surface area contributed by atoms with Crippen LogP contribution in [0.2, 0.25) is 0 Å². The van der Waals surface area contributed by atoms with E-state index in [-0.39, 0.29) is 11.9 Å². The quantitative estimate of drug-likeness (QED) is 0.768. The Morgan fingerprint density at radius 1 is 1.32 bits per heavy atom. The van der Waals surface area contributed by atoms with Gasteiger partial charge < -0.3 is 10.2 Å². The number of carbonyl (C=O) groups is 1. The minimum absolute atomic E-state index is 0.0559. The molecular weight excluding hydrogens is 316 g/mol. The summed E-state index contributed by atoms with van der Waals surface area (Å²) < 4.78 is 1.74. The minimum Gasteiger partial charge on any atom is -0.332 e. The standard InChI is InChI=1S/C18H20N6O/c1-12-10-20-8-9-23(12)18(25)17-13(2)24(22-21-17)16-5-3-4-14-11-19-7-6-15(14)16/h3-7,11-12,20H,8-10H2,1-2H3. The number of rotatable bonds is 2. The molecule has 128 valence electrons. The molecule has 1 aliphatic rings. The minimum atomic E-state index is -0.0559. The Balaban J connectivity index is 1.75. The summed E-state index contributed by atoms with van der Waals surface area (Å²) in [6.45, 7) is 6.22. The van der Waals surface area contributed by atoms with Gasteiger partial charge in [0, 0.05) is 48.8 Å². The van der Waals surface area contributed by atoms with Gasteiger partial charge in [-0.3, -0.25) is 9.78 Å². The maximum atomic E-state index is 12.9. The van der Waals surface area contributed by atoms with E-state index >= 15 is 0 Å². The van der Waals surface area contributed by atoms with E-state index in [1.807, 2.05) is 49.2 Å². The number of hydrogen-bond acceptors (Lipinski definition) is 5. The number of aromatic nitrogens is 4. The van der Waals surface area contributed by atoms with E-state index in [0.29, 0.717) is 12.2 Å². The highest BCUT2D eigenvalue weighted by atomic mass is 16.2. The van der Waals surface area contributed by atoms with E-state index in [4.69, 9.17) is 0 Å². The van der Waals surface area contributed by atoms with E-state index in [0.717, 1.165) is 35.2 Å². The fraction of sp³-hybridized carbons (Fsp3) is 0.333. The molecular formula is C18H20N6O. The number of hydrogen-bond donors (Lipinski definition) is 1. The maximum Gasteiger partial charge on any atom is 0.276 e. The Bertz CT molecular complexity index is 929. The van der Waals surface area contributed by atoms with E-state index < -0.39 is 0 Å². The summed E-state index contributed by atoms with van der Waals surface area (Å²) in [6, 6.07) is 8.04. The molecule has 0 saturated carbocycles. The molecule has 4 rings (SSSR count). The topological polar surface area (TPSA) is 75.9 Å². The highest BCUT2D eigenvalue weighted by Crippen LogP contribution is 2.23. The smallest absolute Gasteiger partial charge is 0.276 e. The zero-order valence-corrected chi connectivity index (χ0v) is 14.3. The van der Waals surface area contributed by atoms with Crippen molar-refractivity contribution in [2.75, 3.05) is 19.6 Å². The van der Waals surface area contributed by atoms with Crippen molar-refractivity contribution in [3.63, 3.8) is 0 Å². The summed E-state index contributed by atoms with van der Waals surface area (Å²) in [5.41, 5.74) is 2.07. The molecule has 1 N–H and O–H groups in total. The lowest BCUT2D eigenvalue weighted by Gasteiger charge is -2.33. The molecule has 0 radical (unpaired) electrons. The van der Waals surface area contributed by atoms with Crippen LogP contribution >= 0.6 is 0 Å². The average Bonchev–Trinajstić information content (AvgIpc) is 3.02. The van der Waals surface area contributed by atoms with Crippen molar-refractivity contribution >= 4 is 16.7 Å². The van der Waals surface area contributed by atoms with E-state index in [2.05, 4.69) is 20.6 Å². The second-order valence-corrected chi connectivity index (χ2v) is 6.36. The summed E-state index contributed by atoms with van der Waals surface area (Å²) in [6.07, 6.45) is 3.58. The van der Waals surface area contributed by atoms with Gasteiger partial charge in [0.15, 0.2) is 5.69 Å². The molecule has 7 nitrogen and oxygen atoms in total. The molecule has 7 heteroatoms. The highest BCUT2D eigenvalue weighted by Gasteiger charge is 2.28. The fourth-order valence-electron chi connectivity index (χ4n) is 3.32. The van der Waals surface area contributed by atoms with Gasteiger partial charge in [0.1, 0.15) is 0 Å². The molecule has 1 amide bonds. The zero-order valence-electron chi connectivity index (χ0n) is 14.3. The second kappa shape index (κ2) is 6.25. The normalized spacial score (nSPS) is 17.8. The number of amides is 1. The van der Waals surface area contributed by atoms with Gasteiger partial charge in [-0.1, -0.05) is 17.3 Å². The third-order valence-electron chi connectivity index (χ3n) is 4.75. The van der Waals surface area contributed by atoms with Crippen LogP contribution < -0.4 is 5.32 Å². The molecule has 0 aliphatic carbocycles. The van der Waals surface area contributed by atoms with Crippen molar-refractivity contribution in [1.82, 2.24) is 30.2 Å². The largest absolute Gasteiger partial charge is 0.332 e. The van der Waals surface area contributed by atoms with Crippen molar-refractivity contribution < 1.29 is 4.79 Å². The summed E-state index contributed by atoms with van der Waals surface area (Å²) in [4.78, 5) is 18.9. The Hall–Kier alpha value is -2.80. The summed E-state index contributed by atoms with van der Waals surface area (Å²) in [5.74, 6) is -0.0559. The molecule has 1 aromatic carbocycles. The molecule has 25 heavy (non-hydrogen) atoms. The van der Waals surface area contributed by atoms with Crippen LogP contribution in [0, 0.1) is 6.92 Å². The van der Waals surface area contributed by atoms with Crippen LogP contribution in [0.15, 0.2) is 36.7 Å². The van der Waals surface area contributed by atoms with Crippen LogP contribution in [0.4, 0.5) is 0 Å². The molecule has 1 atom stereocenters. The van der Waals surface area contributed by atoms with Gasteiger partial charge in [-0.2, -0.15) is 0 Å². The number of pyridine rings is 1. The molecule has 3 heterocycles. The fourth-order valence-corrected chi connectivity index (χ4v) is 3.32. The van der Waals surface area contributed by atoms with Crippen molar-refractivity contribution in [3.05, 3.63) is 48.0 Å². The third kappa shape index (κ3) is 2.66. The summed E-state index contributed by atoms with van der Waals surface area (Å²) >= 11 is 0. The van der Waals surface area contributed by atoms with Crippen LogP contribution in [-0.2, 0) is 0 Å². The monoisotopic (exact) mass is 336 g/mol. The van der Waals surface area contributed by atoms with Crippen molar-refractivity contribution in [3.8, 4) is 5.69 Å². The van der Waals surface area contributed by atoms with Gasteiger partial charge in [-0.25, -0.2) is 4.68 Å². The average molecular weight is 336 g/mol. The van der Waals surface area contributed by atoms with Crippen LogP contribution in [0.3, 0.4) is 0 Å². The predicted octanol–water partition coefficient (Wildman–Crippen LogP) is 1.56. The highest BCUT2D eigenvalue weighted by molar-refractivity contribution is 5.94. The lowest BCUT2D eigenvalue weighted by atomic mass is 10.1. The van der Waals surface area contributed by atoms with E-state index in [1.54, 1.807) is 10.9 Å². The van der Waals surface area contributed by atoms with Crippen molar-refractivity contribution in [2.24, 2.45) is 0 Å². The number of fused-ring (bicyclic) bond motifs is 1. The Labute approximate surface area is 145 Å². The first kappa shape index (κ1) is 15.7. The maximum absolute atomic E-state index is 12.9. The third-order valence-corrected chi connectivity index (χ3v) is 4.75. The number of benzene rings is 1. The molecule has 1 unspecified atom stereocenters. The van der Waals surface area contributed by atoms with Crippen LogP contribution in [0.1, 0.15) is 23.1 Å². The van der Waals surface area contributed by atoms with Crippen LogP contribution in [0.5, 0.6) is 0 Å². The molecule has 3 aromatic rings. The lowest BCUT2D eigenvalue weighted by molar-refractivity contribution is 0.0649. The van der Waals surface area contributed by atoms with Crippen LogP contribution in [0.25, 0.3) is 16.5 Å². The molecule has 2 aromatic heterocycles. The molecule has 1 aliphatic heterocycles. The van der Waals surface area contributed by atoms with Gasteiger partial charge in [0.25, 0.3) is 5.91 Å². The van der Waals surface area contributed by atoms with Gasteiger partial charge in [0.2, 0.25) is 0 Å². The first-order valence-corrected chi connectivity index (χ1v) is 8.44. The van der Waals surface area contributed by atoms with Crippen molar-refractivity contribution in [2.45, 2.75) is 19.9 Å². The molecule has 0 bridgehead atoms. The number of carbonyl (C=O) groups excluding carboxylic acids is 1. The molecule has 0 spiro atoms. The Morgan fingerprint density at radius 3 is 3.04 bits per heavy atom. The first-order chi connectivity index (χ1) is 12.2. The zero-order chi connectivity index (χ0) is 17.4. The first-order valence-electron chi connectivity index (χ1n) is 8.44. The number of piperazine rings is 1. The van der Waals surface area contributed by atoms with E-state index in [1.165, 1.54) is 0 Å². The molecule has 1 fully saturated rings. The Kier molecular flexibility index (Phi) is 3.93. The van der Waals surface area contributed by atoms with Gasteiger partial charge >= 0.3 is 0 Å². The van der Waals surface area contributed by atoms with Gasteiger partial charge in [0.05, 0.1) is 11.4 Å². The number of nitrogens with one attached hydrogen (secondary N) is 1. The Morgan fingerprint density at radius 2 is 2.20 bits per heavy atom.